The molecule has 9 heteroatoms. The highest BCUT2D eigenvalue weighted by molar-refractivity contribution is 5.89. The molecule has 1 aromatic rings. The van der Waals surface area contributed by atoms with Crippen molar-refractivity contribution in [1.82, 2.24) is 20.5 Å². The van der Waals surface area contributed by atoms with Crippen LogP contribution < -0.4 is 10.6 Å². The number of piperidine rings is 1. The summed E-state index contributed by atoms with van der Waals surface area (Å²) in [5.41, 5.74) is -1.09. The van der Waals surface area contributed by atoms with Crippen LogP contribution >= 0.6 is 0 Å². The van der Waals surface area contributed by atoms with Crippen LogP contribution in [-0.2, 0) is 15.5 Å². The summed E-state index contributed by atoms with van der Waals surface area (Å²) in [6.07, 6.45) is 7.87. The van der Waals surface area contributed by atoms with E-state index in [-0.39, 0.29) is 29.4 Å². The topological polar surface area (TPSA) is 98.1 Å². The summed E-state index contributed by atoms with van der Waals surface area (Å²) in [6, 6.07) is 6.04. The lowest BCUT2D eigenvalue weighted by Crippen LogP contribution is -2.55. The van der Waals surface area contributed by atoms with Crippen molar-refractivity contribution in [3.8, 4) is 6.07 Å². The van der Waals surface area contributed by atoms with Gasteiger partial charge in [-0.1, -0.05) is 6.07 Å². The van der Waals surface area contributed by atoms with Gasteiger partial charge in [-0.2, -0.15) is 14.0 Å². The number of pyridine rings is 1. The van der Waals surface area contributed by atoms with Gasteiger partial charge in [-0.15, -0.1) is 0 Å². The average Bonchev–Trinajstić information content (AvgIpc) is 3.76. The summed E-state index contributed by atoms with van der Waals surface area (Å²) in [7, 11) is 0. The molecule has 3 saturated carbocycles. The smallest absolute Gasteiger partial charge is 0.289 e. The van der Waals surface area contributed by atoms with E-state index in [2.05, 4.69) is 26.6 Å². The molecule has 35 heavy (non-hydrogen) atoms. The first-order chi connectivity index (χ1) is 16.7. The lowest BCUT2D eigenvalue weighted by molar-refractivity contribution is -0.139. The second-order valence-electron chi connectivity index (χ2n) is 11.1. The molecular weight excluding hydrogens is 452 g/mol. The van der Waals surface area contributed by atoms with E-state index in [9.17, 15) is 23.6 Å². The largest absolute Gasteiger partial charge is 0.344 e. The van der Waals surface area contributed by atoms with Crippen LogP contribution in [0, 0.1) is 22.7 Å². The zero-order chi connectivity index (χ0) is 24.7. The molecular formula is C26H33F2N5O2. The number of likely N-dealkylation sites (tertiary alicyclic amines) is 1. The van der Waals surface area contributed by atoms with Gasteiger partial charge in [0.25, 0.3) is 5.92 Å². The maximum Gasteiger partial charge on any atom is 0.289 e. The standard InChI is InChI=1S/C26H33F2N5O2/c27-26(28,21-3-1-2-12-30-21)7-6-20(23(35)32-25(17-29)8-9-25)31-22(34)18-15-24(16-18)10-13-33(14-11-24)19-4-5-19/h1-3,12,18-20H,4-11,13-16H2,(H,31,34)(H,32,35)/t20-/m0/s1. The van der Waals surface area contributed by atoms with Crippen LogP contribution in [0.15, 0.2) is 24.4 Å². The Hall–Kier alpha value is -2.60. The number of aromatic nitrogens is 1. The van der Waals surface area contributed by atoms with Crippen molar-refractivity contribution >= 4 is 11.8 Å². The zero-order valence-electron chi connectivity index (χ0n) is 19.9. The van der Waals surface area contributed by atoms with Crippen LogP contribution in [0.1, 0.15) is 69.9 Å². The second-order valence-corrected chi connectivity index (χ2v) is 11.1. The molecule has 0 unspecified atom stereocenters. The fourth-order valence-corrected chi connectivity index (χ4v) is 5.69. The summed E-state index contributed by atoms with van der Waals surface area (Å²) in [5, 5.41) is 14.7. The predicted molar refractivity (Wildman–Crippen MR) is 124 cm³/mol. The van der Waals surface area contributed by atoms with E-state index in [1.54, 1.807) is 6.07 Å². The highest BCUT2D eigenvalue weighted by Crippen LogP contribution is 2.53. The monoisotopic (exact) mass is 485 g/mol. The Kier molecular flexibility index (Phi) is 6.28. The number of rotatable bonds is 9. The Morgan fingerprint density at radius 2 is 1.91 bits per heavy atom. The number of carbonyl (C=O) groups excluding carboxylic acids is 2. The third kappa shape index (κ3) is 5.32. The molecule has 3 aliphatic carbocycles. The van der Waals surface area contributed by atoms with Crippen molar-refractivity contribution in [2.75, 3.05) is 13.1 Å². The molecule has 5 rings (SSSR count). The van der Waals surface area contributed by atoms with E-state index < -0.39 is 29.8 Å². The van der Waals surface area contributed by atoms with E-state index >= 15 is 0 Å². The molecule has 188 valence electrons. The summed E-state index contributed by atoms with van der Waals surface area (Å²) in [4.78, 5) is 32.3. The number of nitrogens with zero attached hydrogens (tertiary/aromatic N) is 3. The van der Waals surface area contributed by atoms with Gasteiger partial charge in [-0.25, -0.2) is 0 Å². The van der Waals surface area contributed by atoms with E-state index in [0.717, 1.165) is 44.8 Å². The molecule has 0 aromatic carbocycles. The normalized spacial score (nSPS) is 24.1. The highest BCUT2D eigenvalue weighted by atomic mass is 19.3. The van der Waals surface area contributed by atoms with Gasteiger partial charge in [0.2, 0.25) is 11.8 Å². The fraction of sp³-hybridized carbons (Fsp3) is 0.692. The number of halogens is 2. The zero-order valence-corrected chi connectivity index (χ0v) is 19.9. The van der Waals surface area contributed by atoms with Gasteiger partial charge in [0.05, 0.1) is 6.07 Å². The summed E-state index contributed by atoms with van der Waals surface area (Å²) < 4.78 is 29.5. The summed E-state index contributed by atoms with van der Waals surface area (Å²) >= 11 is 0. The molecule has 0 radical (unpaired) electrons. The molecule has 2 N–H and O–H groups in total. The maximum absolute atomic E-state index is 14.7. The van der Waals surface area contributed by atoms with Crippen molar-refractivity contribution < 1.29 is 18.4 Å². The molecule has 4 aliphatic rings. The number of carbonyl (C=O) groups is 2. The van der Waals surface area contributed by atoms with Gasteiger partial charge in [0.15, 0.2) is 0 Å². The Morgan fingerprint density at radius 3 is 2.49 bits per heavy atom. The van der Waals surface area contributed by atoms with E-state index in [1.807, 2.05) is 0 Å². The molecule has 2 amide bonds. The van der Waals surface area contributed by atoms with Crippen LogP contribution in [0.4, 0.5) is 8.78 Å². The SMILES string of the molecule is N#CC1(NC(=O)[C@H](CCC(F)(F)c2ccccn2)NC(=O)C2CC3(CCN(C4CC4)CC3)C2)CC1. The Bertz CT molecular complexity index is 987. The van der Waals surface area contributed by atoms with Crippen LogP contribution in [0.3, 0.4) is 0 Å². The van der Waals surface area contributed by atoms with Crippen molar-refractivity contribution in [3.63, 3.8) is 0 Å². The predicted octanol–water partition coefficient (Wildman–Crippen LogP) is 3.27. The molecule has 0 bridgehead atoms. The van der Waals surface area contributed by atoms with Crippen molar-refractivity contribution in [1.29, 1.82) is 5.26 Å². The first kappa shape index (κ1) is 24.1. The number of hydrogen-bond acceptors (Lipinski definition) is 5. The number of nitrogens with one attached hydrogen (secondary N) is 2. The Balaban J connectivity index is 1.18. The fourth-order valence-electron chi connectivity index (χ4n) is 5.69. The van der Waals surface area contributed by atoms with Crippen molar-refractivity contribution in [2.24, 2.45) is 11.3 Å². The number of hydrogen-bond donors (Lipinski definition) is 2. The van der Waals surface area contributed by atoms with Crippen molar-refractivity contribution in [3.05, 3.63) is 30.1 Å². The first-order valence-electron chi connectivity index (χ1n) is 12.8. The lowest BCUT2D eigenvalue weighted by atomic mass is 9.57. The average molecular weight is 486 g/mol. The van der Waals surface area contributed by atoms with Crippen LogP contribution in [0.25, 0.3) is 0 Å². The quantitative estimate of drug-likeness (QED) is 0.560. The maximum atomic E-state index is 14.7. The van der Waals surface area contributed by atoms with Crippen LogP contribution in [0.2, 0.25) is 0 Å². The first-order valence-corrected chi connectivity index (χ1v) is 12.8. The molecule has 1 saturated heterocycles. The van der Waals surface area contributed by atoms with Gasteiger partial charge in [-0.3, -0.25) is 14.6 Å². The number of nitriles is 1. The molecule has 1 spiro atoms. The minimum absolute atomic E-state index is 0.195. The third-order valence-corrected chi connectivity index (χ3v) is 8.40. The minimum Gasteiger partial charge on any atom is -0.344 e. The molecule has 1 aromatic heterocycles. The van der Waals surface area contributed by atoms with E-state index in [0.29, 0.717) is 12.8 Å². The second kappa shape index (κ2) is 9.12. The lowest BCUT2D eigenvalue weighted by Gasteiger charge is -2.52. The molecule has 2 heterocycles. The third-order valence-electron chi connectivity index (χ3n) is 8.40. The van der Waals surface area contributed by atoms with E-state index in [4.69, 9.17) is 0 Å². The Labute approximate surface area is 204 Å². The van der Waals surface area contributed by atoms with E-state index in [1.165, 1.54) is 31.2 Å². The van der Waals surface area contributed by atoms with Gasteiger partial charge in [0.1, 0.15) is 17.3 Å². The molecule has 7 nitrogen and oxygen atoms in total. The number of alkyl halides is 2. The molecule has 1 aliphatic heterocycles. The molecule has 4 fully saturated rings. The summed E-state index contributed by atoms with van der Waals surface area (Å²) in [5.74, 6) is -4.24. The van der Waals surface area contributed by atoms with Gasteiger partial charge >= 0.3 is 0 Å². The van der Waals surface area contributed by atoms with Crippen molar-refractivity contribution in [2.45, 2.75) is 87.8 Å². The minimum atomic E-state index is -3.23. The van der Waals surface area contributed by atoms with Crippen LogP contribution in [0.5, 0.6) is 0 Å². The summed E-state index contributed by atoms with van der Waals surface area (Å²) in [6.45, 7) is 2.17. The molecule has 1 atom stereocenters. The Morgan fingerprint density at radius 1 is 1.20 bits per heavy atom. The number of amides is 2. The van der Waals surface area contributed by atoms with Crippen LogP contribution in [-0.4, -0.2) is 52.4 Å². The van der Waals surface area contributed by atoms with Gasteiger partial charge in [-0.05, 0) is 88.4 Å². The van der Waals surface area contributed by atoms with Gasteiger partial charge in [0, 0.05) is 24.6 Å². The van der Waals surface area contributed by atoms with Gasteiger partial charge < -0.3 is 15.5 Å². The highest BCUT2D eigenvalue weighted by Gasteiger charge is 2.51.